The van der Waals surface area contributed by atoms with Gasteiger partial charge in [0.05, 0.1) is 12.7 Å². The summed E-state index contributed by atoms with van der Waals surface area (Å²) < 4.78 is 6.05. The highest BCUT2D eigenvalue weighted by Gasteiger charge is 2.10. The highest BCUT2D eigenvalue weighted by molar-refractivity contribution is 5.92. The molecule has 2 aromatic heterocycles. The lowest BCUT2D eigenvalue weighted by molar-refractivity contribution is 0.0601. The van der Waals surface area contributed by atoms with Gasteiger partial charge in [-0.1, -0.05) is 0 Å². The zero-order chi connectivity index (χ0) is 10.1. The van der Waals surface area contributed by atoms with Crippen molar-refractivity contribution in [2.45, 2.75) is 0 Å². The third-order valence-corrected chi connectivity index (χ3v) is 1.86. The first-order valence-corrected chi connectivity index (χ1v) is 3.89. The van der Waals surface area contributed by atoms with Gasteiger partial charge >= 0.3 is 5.97 Å². The molecular weight excluding hydrogens is 184 g/mol. The Morgan fingerprint density at radius 1 is 1.64 bits per heavy atom. The quantitative estimate of drug-likeness (QED) is 0.648. The Hall–Kier alpha value is -2.11. The smallest absolute Gasteiger partial charge is 0.339 e. The number of hydrogen-bond acceptors (Lipinski definition) is 5. The van der Waals surface area contributed by atoms with Crippen molar-refractivity contribution >= 4 is 17.3 Å². The van der Waals surface area contributed by atoms with Crippen LogP contribution < -0.4 is 5.73 Å². The number of esters is 1. The molecule has 0 saturated heterocycles. The molecule has 0 aromatic carbocycles. The number of hydrogen-bond donors (Lipinski definition) is 1. The molecule has 2 heterocycles. The average Bonchev–Trinajstić information content (AvgIpc) is 2.62. The van der Waals surface area contributed by atoms with E-state index in [4.69, 9.17) is 5.73 Å². The Morgan fingerprint density at radius 2 is 2.43 bits per heavy atom. The molecule has 0 atom stereocenters. The summed E-state index contributed by atoms with van der Waals surface area (Å²) in [5, 5.41) is 3.90. The van der Waals surface area contributed by atoms with Crippen LogP contribution in [0, 0.1) is 0 Å². The molecule has 0 aliphatic carbocycles. The van der Waals surface area contributed by atoms with Crippen LogP contribution in [-0.2, 0) is 4.74 Å². The number of nitrogens with zero attached hydrogens (tertiary/aromatic N) is 3. The maximum absolute atomic E-state index is 11.2. The van der Waals surface area contributed by atoms with Crippen LogP contribution in [0.5, 0.6) is 0 Å². The predicted octanol–water partition coefficient (Wildman–Crippen LogP) is 0.0981. The Labute approximate surface area is 79.3 Å². The van der Waals surface area contributed by atoms with Crippen LogP contribution in [0.3, 0.4) is 0 Å². The summed E-state index contributed by atoms with van der Waals surface area (Å²) in [5.41, 5.74) is 6.58. The van der Waals surface area contributed by atoms with Crippen molar-refractivity contribution in [2.24, 2.45) is 0 Å². The van der Waals surface area contributed by atoms with Crippen molar-refractivity contribution in [2.75, 3.05) is 12.8 Å². The summed E-state index contributed by atoms with van der Waals surface area (Å²) in [6.45, 7) is 0. The Bertz CT molecular complexity index is 491. The van der Waals surface area contributed by atoms with Crippen molar-refractivity contribution in [3.8, 4) is 0 Å². The molecule has 0 radical (unpaired) electrons. The minimum Gasteiger partial charge on any atom is -0.465 e. The van der Waals surface area contributed by atoms with Crippen molar-refractivity contribution in [1.82, 2.24) is 14.6 Å². The standard InChI is InChI=1S/C8H8N4O2/c1-14-8(13)5-2-6-7(9)10-4-11-12(6)3-5/h2-4H,1H3,(H2,9,10,11). The number of aromatic nitrogens is 3. The van der Waals surface area contributed by atoms with Gasteiger partial charge in [0.2, 0.25) is 0 Å². The molecule has 2 N–H and O–H groups in total. The number of rotatable bonds is 1. The molecule has 0 aliphatic heterocycles. The van der Waals surface area contributed by atoms with Gasteiger partial charge in [0.25, 0.3) is 0 Å². The first kappa shape index (κ1) is 8.49. The van der Waals surface area contributed by atoms with Gasteiger partial charge in [-0.3, -0.25) is 0 Å². The first-order chi connectivity index (χ1) is 6.72. The molecule has 6 heteroatoms. The van der Waals surface area contributed by atoms with Crippen molar-refractivity contribution < 1.29 is 9.53 Å². The number of methoxy groups -OCH3 is 1. The number of nitrogens with two attached hydrogens (primary N) is 1. The van der Waals surface area contributed by atoms with E-state index < -0.39 is 5.97 Å². The Kier molecular flexibility index (Phi) is 1.81. The average molecular weight is 192 g/mol. The van der Waals surface area contributed by atoms with E-state index in [1.807, 2.05) is 0 Å². The lowest BCUT2D eigenvalue weighted by Gasteiger charge is -1.93. The van der Waals surface area contributed by atoms with E-state index in [0.29, 0.717) is 16.9 Å². The van der Waals surface area contributed by atoms with Crippen LogP contribution in [0.4, 0.5) is 5.82 Å². The fourth-order valence-electron chi connectivity index (χ4n) is 1.18. The zero-order valence-electron chi connectivity index (χ0n) is 7.47. The highest BCUT2D eigenvalue weighted by Crippen LogP contribution is 2.13. The van der Waals surface area contributed by atoms with Gasteiger partial charge in [0.15, 0.2) is 5.82 Å². The van der Waals surface area contributed by atoms with E-state index in [1.54, 1.807) is 12.3 Å². The molecule has 14 heavy (non-hydrogen) atoms. The molecular formula is C8H8N4O2. The largest absolute Gasteiger partial charge is 0.465 e. The van der Waals surface area contributed by atoms with Gasteiger partial charge in [0, 0.05) is 6.20 Å². The maximum Gasteiger partial charge on any atom is 0.339 e. The molecule has 72 valence electrons. The maximum atomic E-state index is 11.2. The summed E-state index contributed by atoms with van der Waals surface area (Å²) in [7, 11) is 1.32. The van der Waals surface area contributed by atoms with Crippen LogP contribution in [0.25, 0.3) is 5.52 Å². The van der Waals surface area contributed by atoms with Crippen LogP contribution in [0.15, 0.2) is 18.6 Å². The second-order valence-corrected chi connectivity index (χ2v) is 2.70. The minimum atomic E-state index is -0.421. The summed E-state index contributed by atoms with van der Waals surface area (Å²) in [5.74, 6) is -0.0925. The molecule has 0 saturated carbocycles. The summed E-state index contributed by atoms with van der Waals surface area (Å²) in [4.78, 5) is 15.0. The van der Waals surface area contributed by atoms with E-state index in [-0.39, 0.29) is 0 Å². The number of ether oxygens (including phenoxy) is 1. The normalized spacial score (nSPS) is 10.4. The molecule has 0 amide bonds. The number of anilines is 1. The van der Waals surface area contributed by atoms with Crippen LogP contribution in [0.2, 0.25) is 0 Å². The van der Waals surface area contributed by atoms with Crippen LogP contribution in [-0.4, -0.2) is 27.7 Å². The SMILES string of the molecule is COC(=O)c1cc2c(N)ncnn2c1. The third-order valence-electron chi connectivity index (χ3n) is 1.86. The topological polar surface area (TPSA) is 82.5 Å². The van der Waals surface area contributed by atoms with Gasteiger partial charge in [-0.05, 0) is 6.07 Å². The van der Waals surface area contributed by atoms with Crippen molar-refractivity contribution in [3.05, 3.63) is 24.2 Å². The third kappa shape index (κ3) is 1.17. The summed E-state index contributed by atoms with van der Waals surface area (Å²) >= 11 is 0. The van der Waals surface area contributed by atoms with Gasteiger partial charge < -0.3 is 10.5 Å². The van der Waals surface area contributed by atoms with E-state index in [9.17, 15) is 4.79 Å². The number of carbonyl (C=O) groups is 1. The molecule has 2 aromatic rings. The van der Waals surface area contributed by atoms with Crippen LogP contribution >= 0.6 is 0 Å². The molecule has 0 unspecified atom stereocenters. The number of carbonyl (C=O) groups excluding carboxylic acids is 1. The molecule has 0 fully saturated rings. The lowest BCUT2D eigenvalue weighted by Crippen LogP contribution is -1.98. The lowest BCUT2D eigenvalue weighted by atomic mass is 10.3. The summed E-state index contributed by atoms with van der Waals surface area (Å²) in [6, 6.07) is 1.58. The number of nitrogen functional groups attached to an aromatic ring is 1. The van der Waals surface area contributed by atoms with Gasteiger partial charge in [-0.25, -0.2) is 14.3 Å². The van der Waals surface area contributed by atoms with Crippen molar-refractivity contribution in [1.29, 1.82) is 0 Å². The zero-order valence-corrected chi connectivity index (χ0v) is 7.47. The molecule has 0 aliphatic rings. The predicted molar refractivity (Wildman–Crippen MR) is 48.7 cm³/mol. The second kappa shape index (κ2) is 2.99. The molecule has 0 bridgehead atoms. The fraction of sp³-hybridized carbons (Fsp3) is 0.125. The van der Waals surface area contributed by atoms with E-state index in [2.05, 4.69) is 14.8 Å². The van der Waals surface area contributed by atoms with Crippen molar-refractivity contribution in [3.63, 3.8) is 0 Å². The van der Waals surface area contributed by atoms with Gasteiger partial charge in [-0.15, -0.1) is 0 Å². The van der Waals surface area contributed by atoms with E-state index in [1.165, 1.54) is 18.0 Å². The molecule has 2 rings (SSSR count). The molecule has 6 nitrogen and oxygen atoms in total. The first-order valence-electron chi connectivity index (χ1n) is 3.89. The minimum absolute atomic E-state index is 0.329. The fourth-order valence-corrected chi connectivity index (χ4v) is 1.18. The van der Waals surface area contributed by atoms with Gasteiger partial charge in [0.1, 0.15) is 11.8 Å². The number of fused-ring (bicyclic) bond motifs is 1. The second-order valence-electron chi connectivity index (χ2n) is 2.70. The van der Waals surface area contributed by atoms with Gasteiger partial charge in [-0.2, -0.15) is 5.10 Å². The molecule has 0 spiro atoms. The van der Waals surface area contributed by atoms with E-state index in [0.717, 1.165) is 0 Å². The monoisotopic (exact) mass is 192 g/mol. The van der Waals surface area contributed by atoms with Crippen LogP contribution in [0.1, 0.15) is 10.4 Å². The Balaban J connectivity index is 2.62. The Morgan fingerprint density at radius 3 is 3.07 bits per heavy atom. The summed E-state index contributed by atoms with van der Waals surface area (Å²) in [6.07, 6.45) is 2.86. The van der Waals surface area contributed by atoms with E-state index >= 15 is 0 Å². The highest BCUT2D eigenvalue weighted by atomic mass is 16.5.